The van der Waals surface area contributed by atoms with Crippen LogP contribution in [0.3, 0.4) is 0 Å². The third kappa shape index (κ3) is 19.0. The maximum Gasteiger partial charge on any atom is 0.230 e. The second kappa shape index (κ2) is 14.9. The molecule has 0 aromatic carbocycles. The number of halogens is 2. The molecule has 0 saturated heterocycles. The van der Waals surface area contributed by atoms with Gasteiger partial charge in [0.25, 0.3) is 0 Å². The second-order valence-corrected chi connectivity index (χ2v) is 3.55. The Bertz CT molecular complexity index is 117. The van der Waals surface area contributed by atoms with E-state index >= 15 is 0 Å². The Kier molecular flexibility index (Phi) is 18.1. The van der Waals surface area contributed by atoms with Gasteiger partial charge in [-0.3, -0.25) is 4.79 Å². The number of hydrogen-bond donors (Lipinski definition) is 1. The van der Waals surface area contributed by atoms with Crippen LogP contribution in [-0.2, 0) is 9.53 Å². The van der Waals surface area contributed by atoms with Gasteiger partial charge in [0, 0.05) is 13.7 Å². The monoisotopic (exact) mass is 247 g/mol. The van der Waals surface area contributed by atoms with Crippen molar-refractivity contribution in [3.63, 3.8) is 0 Å². The molecule has 80 valence electrons. The van der Waals surface area contributed by atoms with Crippen LogP contribution in [0.2, 0.25) is 0 Å². The van der Waals surface area contributed by atoms with E-state index < -0.39 is 0 Å². The smallest absolute Gasteiger partial charge is 0.230 e. The van der Waals surface area contributed by atoms with Crippen LogP contribution in [0.15, 0.2) is 0 Å². The summed E-state index contributed by atoms with van der Waals surface area (Å²) in [7, 11) is 1.61. The molecule has 1 N–H and O–H groups in total. The van der Waals surface area contributed by atoms with E-state index in [0.717, 1.165) is 0 Å². The quantitative estimate of drug-likeness (QED) is 0.592. The summed E-state index contributed by atoms with van der Waals surface area (Å²) < 4.78 is 4.75. The number of hydrogen-bond acceptors (Lipinski definition) is 3. The van der Waals surface area contributed by atoms with Crippen molar-refractivity contribution in [1.29, 1.82) is 0 Å². The average molecular weight is 248 g/mol. The van der Waals surface area contributed by atoms with Crippen molar-refractivity contribution in [3.05, 3.63) is 0 Å². The minimum Gasteiger partial charge on any atom is -0.383 e. The van der Waals surface area contributed by atoms with E-state index in [1.54, 1.807) is 7.11 Å². The van der Waals surface area contributed by atoms with Gasteiger partial charge < -0.3 is 10.1 Å². The van der Waals surface area contributed by atoms with Crippen LogP contribution in [-0.4, -0.2) is 43.5 Å². The third-order valence-corrected chi connectivity index (χ3v) is 1.45. The van der Waals surface area contributed by atoms with Crippen LogP contribution >= 0.6 is 35.0 Å². The summed E-state index contributed by atoms with van der Waals surface area (Å²) >= 11 is 11.0. The molecule has 0 aliphatic heterocycles. The lowest BCUT2D eigenvalue weighted by atomic mass is 10.6. The highest BCUT2D eigenvalue weighted by Gasteiger charge is 1.95. The number of alkyl halides is 2. The lowest BCUT2D eigenvalue weighted by molar-refractivity contribution is -0.118. The SMILES string of the molecule is COCCNC(=O)CSC.ClCCl. The summed E-state index contributed by atoms with van der Waals surface area (Å²) in [6.07, 6.45) is 1.90. The van der Waals surface area contributed by atoms with Crippen LogP contribution in [0, 0.1) is 0 Å². The van der Waals surface area contributed by atoms with Gasteiger partial charge in [-0.05, 0) is 6.26 Å². The van der Waals surface area contributed by atoms with E-state index in [4.69, 9.17) is 27.9 Å². The van der Waals surface area contributed by atoms with Gasteiger partial charge >= 0.3 is 0 Å². The van der Waals surface area contributed by atoms with Gasteiger partial charge in [0.15, 0.2) is 0 Å². The number of nitrogens with one attached hydrogen (secondary N) is 1. The molecule has 13 heavy (non-hydrogen) atoms. The Labute approximate surface area is 93.5 Å². The first kappa shape index (κ1) is 15.8. The van der Waals surface area contributed by atoms with Crippen LogP contribution in [0.4, 0.5) is 0 Å². The minimum atomic E-state index is 0.0737. The maximum atomic E-state index is 10.7. The number of carbonyl (C=O) groups excluding carboxylic acids is 1. The molecule has 0 spiro atoms. The van der Waals surface area contributed by atoms with Gasteiger partial charge in [0.05, 0.1) is 17.7 Å². The Morgan fingerprint density at radius 1 is 1.54 bits per heavy atom. The van der Waals surface area contributed by atoms with Gasteiger partial charge in [-0.25, -0.2) is 0 Å². The largest absolute Gasteiger partial charge is 0.383 e. The molecule has 0 radical (unpaired) electrons. The molecule has 0 fully saturated rings. The van der Waals surface area contributed by atoms with E-state index in [-0.39, 0.29) is 11.2 Å². The van der Waals surface area contributed by atoms with Gasteiger partial charge in [-0.15, -0.1) is 23.2 Å². The van der Waals surface area contributed by atoms with Gasteiger partial charge in [-0.1, -0.05) is 0 Å². The van der Waals surface area contributed by atoms with Crippen molar-refractivity contribution in [1.82, 2.24) is 5.32 Å². The van der Waals surface area contributed by atoms with Crippen LogP contribution < -0.4 is 5.32 Å². The topological polar surface area (TPSA) is 38.3 Å². The number of ether oxygens (including phenoxy) is 1. The van der Waals surface area contributed by atoms with Crippen LogP contribution in [0.25, 0.3) is 0 Å². The number of methoxy groups -OCH3 is 1. The number of rotatable bonds is 5. The molecule has 0 aliphatic rings. The number of amides is 1. The predicted molar refractivity (Wildman–Crippen MR) is 59.8 cm³/mol. The molecule has 0 rings (SSSR count). The Morgan fingerprint density at radius 2 is 2.08 bits per heavy atom. The molecule has 0 aromatic rings. The average Bonchev–Trinajstić information content (AvgIpc) is 2.07. The molecule has 0 heterocycles. The molecular formula is C7H15Cl2NO2S. The number of thioether (sulfide) groups is 1. The molecule has 0 unspecified atom stereocenters. The molecule has 3 nitrogen and oxygen atoms in total. The molecule has 0 aliphatic carbocycles. The zero-order valence-electron chi connectivity index (χ0n) is 7.81. The Morgan fingerprint density at radius 3 is 2.46 bits per heavy atom. The van der Waals surface area contributed by atoms with Gasteiger partial charge in [-0.2, -0.15) is 11.8 Å². The van der Waals surface area contributed by atoms with Crippen molar-refractivity contribution < 1.29 is 9.53 Å². The highest BCUT2D eigenvalue weighted by Crippen LogP contribution is 1.88. The van der Waals surface area contributed by atoms with Crippen LogP contribution in [0.1, 0.15) is 0 Å². The molecule has 0 saturated carbocycles. The zero-order valence-corrected chi connectivity index (χ0v) is 10.1. The summed E-state index contributed by atoms with van der Waals surface area (Å²) in [5.74, 6) is 0.605. The normalized spacial score (nSPS) is 8.62. The maximum absolute atomic E-state index is 10.7. The van der Waals surface area contributed by atoms with E-state index in [1.165, 1.54) is 11.8 Å². The minimum absolute atomic E-state index is 0.0737. The molecular weight excluding hydrogens is 233 g/mol. The fourth-order valence-corrected chi connectivity index (χ4v) is 0.839. The van der Waals surface area contributed by atoms with E-state index in [9.17, 15) is 4.79 Å². The molecule has 6 heteroatoms. The summed E-state index contributed by atoms with van der Waals surface area (Å²) in [6, 6.07) is 0. The lowest BCUT2D eigenvalue weighted by Crippen LogP contribution is -2.28. The first-order valence-corrected chi connectivity index (χ1v) is 6.05. The highest BCUT2D eigenvalue weighted by molar-refractivity contribution is 7.99. The summed E-state index contributed by atoms with van der Waals surface area (Å²) in [4.78, 5) is 10.7. The zero-order chi connectivity index (χ0) is 10.5. The summed E-state index contributed by atoms with van der Waals surface area (Å²) in [5.41, 5.74) is 0. The predicted octanol–water partition coefficient (Wildman–Crippen LogP) is 1.53. The Hall–Kier alpha value is 0.360. The summed E-state index contributed by atoms with van der Waals surface area (Å²) in [5, 5.41) is 2.89. The van der Waals surface area contributed by atoms with Crippen molar-refractivity contribution in [2.24, 2.45) is 0 Å². The molecule has 0 aromatic heterocycles. The first-order valence-electron chi connectivity index (χ1n) is 3.59. The first-order chi connectivity index (χ1) is 6.22. The third-order valence-electron chi connectivity index (χ3n) is 0.904. The highest BCUT2D eigenvalue weighted by atomic mass is 35.5. The van der Waals surface area contributed by atoms with Gasteiger partial charge in [0.1, 0.15) is 0 Å². The van der Waals surface area contributed by atoms with Crippen LogP contribution in [0.5, 0.6) is 0 Å². The van der Waals surface area contributed by atoms with E-state index in [2.05, 4.69) is 5.32 Å². The standard InChI is InChI=1S/C6H13NO2S.CH2Cl2/c1-9-4-3-7-6(8)5-10-2;2-1-3/h3-5H2,1-2H3,(H,7,8);1H2. The fraction of sp³-hybridized carbons (Fsp3) is 0.857. The molecule has 0 bridgehead atoms. The van der Waals surface area contributed by atoms with E-state index in [0.29, 0.717) is 18.9 Å². The Balaban J connectivity index is 0. The van der Waals surface area contributed by atoms with Crippen molar-refractivity contribution in [3.8, 4) is 0 Å². The van der Waals surface area contributed by atoms with Gasteiger partial charge in [0.2, 0.25) is 5.91 Å². The van der Waals surface area contributed by atoms with Crippen molar-refractivity contribution in [2.45, 2.75) is 0 Å². The summed E-state index contributed by atoms with van der Waals surface area (Å²) in [6.45, 7) is 1.19. The lowest BCUT2D eigenvalue weighted by Gasteiger charge is -2.01. The second-order valence-electron chi connectivity index (χ2n) is 1.88. The molecule has 0 atom stereocenters. The van der Waals surface area contributed by atoms with Crippen molar-refractivity contribution in [2.75, 3.05) is 37.6 Å². The van der Waals surface area contributed by atoms with E-state index in [1.807, 2.05) is 6.26 Å². The van der Waals surface area contributed by atoms with Crippen molar-refractivity contribution >= 4 is 40.9 Å². The molecule has 1 amide bonds. The fourth-order valence-electron chi connectivity index (χ4n) is 0.475. The number of carbonyl (C=O) groups is 1.